The van der Waals surface area contributed by atoms with Crippen molar-refractivity contribution >= 4 is 17.7 Å². The first-order chi connectivity index (χ1) is 7.16. The van der Waals surface area contributed by atoms with E-state index in [2.05, 4.69) is 11.8 Å². The van der Waals surface area contributed by atoms with Gasteiger partial charge in [0.05, 0.1) is 5.92 Å². The molecule has 2 aliphatic heterocycles. The fourth-order valence-electron chi connectivity index (χ4n) is 2.56. The van der Waals surface area contributed by atoms with E-state index < -0.39 is 5.97 Å². The second-order valence-electron chi connectivity index (χ2n) is 4.68. The third-order valence-electron chi connectivity index (χ3n) is 3.57. The Kier molecular flexibility index (Phi) is 3.57. The highest BCUT2D eigenvalue weighted by Gasteiger charge is 2.31. The van der Waals surface area contributed by atoms with Crippen LogP contribution in [-0.4, -0.2) is 46.1 Å². The molecule has 0 spiro atoms. The smallest absolute Gasteiger partial charge is 0.306 e. The first kappa shape index (κ1) is 11.3. The van der Waals surface area contributed by atoms with E-state index in [0.717, 1.165) is 31.2 Å². The Morgan fingerprint density at radius 2 is 2.07 bits per heavy atom. The van der Waals surface area contributed by atoms with Crippen molar-refractivity contribution in [2.45, 2.75) is 37.5 Å². The number of aliphatic carboxylic acids is 1. The van der Waals surface area contributed by atoms with Crippen LogP contribution in [0.15, 0.2) is 0 Å². The Hall–Kier alpha value is -0.220. The monoisotopic (exact) mass is 229 g/mol. The highest BCUT2D eigenvalue weighted by molar-refractivity contribution is 8.00. The van der Waals surface area contributed by atoms with Crippen molar-refractivity contribution < 1.29 is 9.90 Å². The largest absolute Gasteiger partial charge is 0.481 e. The first-order valence-electron chi connectivity index (χ1n) is 5.75. The molecule has 2 unspecified atom stereocenters. The summed E-state index contributed by atoms with van der Waals surface area (Å²) in [7, 11) is 0. The maximum absolute atomic E-state index is 10.8. The maximum atomic E-state index is 10.8. The number of piperidine rings is 1. The van der Waals surface area contributed by atoms with Gasteiger partial charge in [0.1, 0.15) is 0 Å². The minimum Gasteiger partial charge on any atom is -0.481 e. The molecular formula is C11H19NO2S. The molecule has 15 heavy (non-hydrogen) atoms. The summed E-state index contributed by atoms with van der Waals surface area (Å²) in [4.78, 5) is 13.3. The van der Waals surface area contributed by atoms with Crippen LogP contribution in [0.1, 0.15) is 26.2 Å². The van der Waals surface area contributed by atoms with E-state index in [4.69, 9.17) is 5.11 Å². The van der Waals surface area contributed by atoms with E-state index in [1.165, 1.54) is 12.2 Å². The van der Waals surface area contributed by atoms with Crippen molar-refractivity contribution in [3.8, 4) is 0 Å². The Morgan fingerprint density at radius 1 is 1.40 bits per heavy atom. The number of thioether (sulfide) groups is 1. The highest BCUT2D eigenvalue weighted by Crippen LogP contribution is 2.31. The maximum Gasteiger partial charge on any atom is 0.306 e. The van der Waals surface area contributed by atoms with Gasteiger partial charge in [-0.2, -0.15) is 11.8 Å². The van der Waals surface area contributed by atoms with Gasteiger partial charge < -0.3 is 5.11 Å². The second kappa shape index (κ2) is 4.74. The summed E-state index contributed by atoms with van der Waals surface area (Å²) in [6, 6.07) is 0.708. The third kappa shape index (κ3) is 2.67. The van der Waals surface area contributed by atoms with Gasteiger partial charge >= 0.3 is 5.97 Å². The van der Waals surface area contributed by atoms with Gasteiger partial charge in [-0.1, -0.05) is 6.92 Å². The van der Waals surface area contributed by atoms with Gasteiger partial charge in [0, 0.05) is 17.0 Å². The van der Waals surface area contributed by atoms with Crippen molar-refractivity contribution in [1.82, 2.24) is 4.90 Å². The first-order valence-corrected chi connectivity index (χ1v) is 6.80. The average molecular weight is 229 g/mol. The lowest BCUT2D eigenvalue weighted by Crippen LogP contribution is -2.43. The SMILES string of the molecule is CC1CC(N2CCC(C(=O)O)CC2)CS1. The molecule has 0 aromatic heterocycles. The lowest BCUT2D eigenvalue weighted by Gasteiger charge is -2.34. The zero-order valence-corrected chi connectivity index (χ0v) is 10.0. The molecule has 2 saturated heterocycles. The number of rotatable bonds is 2. The summed E-state index contributed by atoms with van der Waals surface area (Å²) in [5.41, 5.74) is 0. The standard InChI is InChI=1S/C11H19NO2S/c1-8-6-10(7-15-8)12-4-2-9(3-5-12)11(13)14/h8-10H,2-7H2,1H3,(H,13,14). The van der Waals surface area contributed by atoms with Crippen molar-refractivity contribution in [3.05, 3.63) is 0 Å². The normalized spacial score (nSPS) is 34.5. The van der Waals surface area contributed by atoms with E-state index >= 15 is 0 Å². The number of carboxylic acids is 1. The predicted molar refractivity (Wildman–Crippen MR) is 62.3 cm³/mol. The molecule has 0 bridgehead atoms. The van der Waals surface area contributed by atoms with Crippen molar-refractivity contribution in [1.29, 1.82) is 0 Å². The summed E-state index contributed by atoms with van der Waals surface area (Å²) in [5.74, 6) is 0.537. The molecule has 2 atom stereocenters. The highest BCUT2D eigenvalue weighted by atomic mass is 32.2. The fourth-order valence-corrected chi connectivity index (χ4v) is 3.82. The number of carbonyl (C=O) groups is 1. The Morgan fingerprint density at radius 3 is 2.53 bits per heavy atom. The van der Waals surface area contributed by atoms with Crippen LogP contribution < -0.4 is 0 Å². The van der Waals surface area contributed by atoms with Gasteiger partial charge in [0.15, 0.2) is 0 Å². The van der Waals surface area contributed by atoms with Crippen LogP contribution in [0, 0.1) is 5.92 Å². The van der Waals surface area contributed by atoms with Crippen LogP contribution in [0.25, 0.3) is 0 Å². The molecule has 0 radical (unpaired) electrons. The summed E-state index contributed by atoms with van der Waals surface area (Å²) in [6.07, 6.45) is 2.96. The van der Waals surface area contributed by atoms with Gasteiger partial charge in [-0.15, -0.1) is 0 Å². The average Bonchev–Trinajstić information content (AvgIpc) is 2.65. The minimum absolute atomic E-state index is 0.0901. The molecule has 1 N–H and O–H groups in total. The molecule has 0 amide bonds. The Labute approximate surface area is 95.2 Å². The van der Waals surface area contributed by atoms with Gasteiger partial charge in [0.25, 0.3) is 0 Å². The number of hydrogen-bond acceptors (Lipinski definition) is 3. The molecular weight excluding hydrogens is 210 g/mol. The molecule has 0 aromatic rings. The van der Waals surface area contributed by atoms with Crippen molar-refractivity contribution in [3.63, 3.8) is 0 Å². The molecule has 0 aliphatic carbocycles. The zero-order valence-electron chi connectivity index (χ0n) is 9.19. The lowest BCUT2D eigenvalue weighted by molar-refractivity contribution is -0.143. The van der Waals surface area contributed by atoms with Gasteiger partial charge in [-0.25, -0.2) is 0 Å². The lowest BCUT2D eigenvalue weighted by atomic mass is 9.95. The van der Waals surface area contributed by atoms with Crippen LogP contribution in [-0.2, 0) is 4.79 Å². The molecule has 4 heteroatoms. The number of nitrogens with zero attached hydrogens (tertiary/aromatic N) is 1. The minimum atomic E-state index is -0.608. The van der Waals surface area contributed by atoms with E-state index in [0.29, 0.717) is 6.04 Å². The third-order valence-corrected chi connectivity index (χ3v) is 4.91. The quantitative estimate of drug-likeness (QED) is 0.782. The molecule has 86 valence electrons. The van der Waals surface area contributed by atoms with Crippen LogP contribution in [0.4, 0.5) is 0 Å². The summed E-state index contributed by atoms with van der Waals surface area (Å²) >= 11 is 2.05. The van der Waals surface area contributed by atoms with E-state index in [-0.39, 0.29) is 5.92 Å². The van der Waals surface area contributed by atoms with Crippen LogP contribution in [0.2, 0.25) is 0 Å². The zero-order chi connectivity index (χ0) is 10.8. The number of likely N-dealkylation sites (tertiary alicyclic amines) is 1. The molecule has 0 aromatic carbocycles. The van der Waals surface area contributed by atoms with Crippen molar-refractivity contribution in [2.24, 2.45) is 5.92 Å². The van der Waals surface area contributed by atoms with Crippen LogP contribution in [0.3, 0.4) is 0 Å². The predicted octanol–water partition coefficient (Wildman–Crippen LogP) is 1.68. The summed E-state index contributed by atoms with van der Waals surface area (Å²) in [6.45, 7) is 4.25. The van der Waals surface area contributed by atoms with E-state index in [9.17, 15) is 4.79 Å². The van der Waals surface area contributed by atoms with Crippen molar-refractivity contribution in [2.75, 3.05) is 18.8 Å². The topological polar surface area (TPSA) is 40.5 Å². The molecule has 2 fully saturated rings. The number of carboxylic acid groups (broad SMARTS) is 1. The van der Waals surface area contributed by atoms with Gasteiger partial charge in [0.2, 0.25) is 0 Å². The Bertz CT molecular complexity index is 239. The molecule has 2 heterocycles. The number of hydrogen-bond donors (Lipinski definition) is 1. The molecule has 0 saturated carbocycles. The molecule has 2 aliphatic rings. The summed E-state index contributed by atoms with van der Waals surface area (Å²) < 4.78 is 0. The van der Waals surface area contributed by atoms with Gasteiger partial charge in [-0.05, 0) is 32.4 Å². The second-order valence-corrected chi connectivity index (χ2v) is 6.15. The van der Waals surface area contributed by atoms with E-state index in [1.54, 1.807) is 0 Å². The summed E-state index contributed by atoms with van der Waals surface area (Å²) in [5, 5.41) is 9.69. The van der Waals surface area contributed by atoms with E-state index in [1.807, 2.05) is 11.8 Å². The molecule has 3 nitrogen and oxygen atoms in total. The van der Waals surface area contributed by atoms with Gasteiger partial charge in [-0.3, -0.25) is 9.69 Å². The van der Waals surface area contributed by atoms with Crippen LogP contribution >= 0.6 is 11.8 Å². The molecule has 2 rings (SSSR count). The van der Waals surface area contributed by atoms with Crippen LogP contribution in [0.5, 0.6) is 0 Å². The fraction of sp³-hybridized carbons (Fsp3) is 0.909. The Balaban J connectivity index is 1.80.